The van der Waals surface area contributed by atoms with Crippen LogP contribution in [0.2, 0.25) is 10.0 Å². The molecule has 6 heteroatoms. The van der Waals surface area contributed by atoms with Crippen LogP contribution in [0.4, 0.5) is 5.69 Å². The number of benzene rings is 2. The number of amides is 1. The highest BCUT2D eigenvalue weighted by Crippen LogP contribution is 2.39. The fourth-order valence-electron chi connectivity index (χ4n) is 3.13. The molecule has 120 valence electrons. The van der Waals surface area contributed by atoms with Gasteiger partial charge < -0.3 is 9.47 Å². The van der Waals surface area contributed by atoms with Gasteiger partial charge in [0.1, 0.15) is 0 Å². The zero-order chi connectivity index (χ0) is 16.8. The number of halogens is 2. The van der Waals surface area contributed by atoms with Crippen molar-refractivity contribution in [2.75, 3.05) is 11.9 Å². The van der Waals surface area contributed by atoms with Crippen LogP contribution in [0.25, 0.3) is 0 Å². The number of imidazole rings is 1. The van der Waals surface area contributed by atoms with E-state index in [1.54, 1.807) is 24.2 Å². The molecule has 0 saturated heterocycles. The van der Waals surface area contributed by atoms with Gasteiger partial charge in [-0.15, -0.1) is 0 Å². The molecule has 4 nitrogen and oxygen atoms in total. The Morgan fingerprint density at radius 1 is 1.04 bits per heavy atom. The van der Waals surface area contributed by atoms with Crippen LogP contribution >= 0.6 is 23.2 Å². The first kappa shape index (κ1) is 15.2. The van der Waals surface area contributed by atoms with Crippen molar-refractivity contribution in [1.29, 1.82) is 0 Å². The predicted octanol–water partition coefficient (Wildman–Crippen LogP) is 4.42. The quantitative estimate of drug-likeness (QED) is 0.646. The number of carbonyl (C=O) groups is 1. The van der Waals surface area contributed by atoms with Crippen molar-refractivity contribution in [3.05, 3.63) is 81.9 Å². The standard InChI is InChI=1S/C18H13Cl2N3O/c1-22-15-7-6-13(20)10-14(15)16(11-2-4-12(19)5-3-11)23-9-8-21-17(23)18(22)24/h2-10,16H,1H3. The molecule has 1 aromatic heterocycles. The molecule has 3 aromatic rings. The molecular formula is C18H13Cl2N3O. The number of hydrogen-bond acceptors (Lipinski definition) is 2. The highest BCUT2D eigenvalue weighted by atomic mass is 35.5. The smallest absolute Gasteiger partial charge is 0.294 e. The number of rotatable bonds is 1. The van der Waals surface area contributed by atoms with Gasteiger partial charge in [-0.2, -0.15) is 0 Å². The molecule has 1 unspecified atom stereocenters. The topological polar surface area (TPSA) is 38.1 Å². The van der Waals surface area contributed by atoms with Gasteiger partial charge >= 0.3 is 0 Å². The number of carbonyl (C=O) groups excluding carboxylic acids is 1. The van der Waals surface area contributed by atoms with E-state index in [9.17, 15) is 4.79 Å². The van der Waals surface area contributed by atoms with Gasteiger partial charge in [-0.25, -0.2) is 4.98 Å². The van der Waals surface area contributed by atoms with Gasteiger partial charge in [-0.05, 0) is 35.9 Å². The molecule has 0 bridgehead atoms. The lowest BCUT2D eigenvalue weighted by atomic mass is 9.97. The number of aromatic nitrogens is 2. The van der Waals surface area contributed by atoms with Crippen LogP contribution in [-0.2, 0) is 0 Å². The number of nitrogens with zero attached hydrogens (tertiary/aromatic N) is 3. The van der Waals surface area contributed by atoms with Crippen LogP contribution < -0.4 is 4.90 Å². The van der Waals surface area contributed by atoms with Gasteiger partial charge in [0.25, 0.3) is 5.91 Å². The molecule has 2 aromatic carbocycles. The Bertz CT molecular complexity index is 934. The highest BCUT2D eigenvalue weighted by Gasteiger charge is 2.32. The molecule has 4 rings (SSSR count). The maximum atomic E-state index is 12.8. The van der Waals surface area contributed by atoms with Crippen LogP contribution in [0.5, 0.6) is 0 Å². The summed E-state index contributed by atoms with van der Waals surface area (Å²) in [6, 6.07) is 12.9. The molecule has 2 heterocycles. The van der Waals surface area contributed by atoms with E-state index >= 15 is 0 Å². The SMILES string of the molecule is CN1C(=O)c2nccn2C(c2ccc(Cl)cc2)c2cc(Cl)ccc21. The summed E-state index contributed by atoms with van der Waals surface area (Å²) in [5, 5.41) is 1.29. The molecule has 1 aliphatic heterocycles. The molecule has 0 fully saturated rings. The van der Waals surface area contributed by atoms with Crippen molar-refractivity contribution in [2.24, 2.45) is 0 Å². The van der Waals surface area contributed by atoms with Crippen LogP contribution in [0.3, 0.4) is 0 Å². The van der Waals surface area contributed by atoms with Crippen molar-refractivity contribution < 1.29 is 4.79 Å². The fourth-order valence-corrected chi connectivity index (χ4v) is 3.44. The van der Waals surface area contributed by atoms with Gasteiger partial charge in [0.2, 0.25) is 0 Å². The normalized spacial score (nSPS) is 16.5. The monoisotopic (exact) mass is 357 g/mol. The van der Waals surface area contributed by atoms with Crippen molar-refractivity contribution >= 4 is 34.8 Å². The average molecular weight is 358 g/mol. The first-order valence-electron chi connectivity index (χ1n) is 7.42. The molecule has 0 N–H and O–H groups in total. The van der Waals surface area contributed by atoms with Crippen molar-refractivity contribution in [3.63, 3.8) is 0 Å². The van der Waals surface area contributed by atoms with Gasteiger partial charge in [0.15, 0.2) is 5.82 Å². The summed E-state index contributed by atoms with van der Waals surface area (Å²) in [6.07, 6.45) is 3.45. The largest absolute Gasteiger partial charge is 0.315 e. The summed E-state index contributed by atoms with van der Waals surface area (Å²) in [5.74, 6) is 0.241. The van der Waals surface area contributed by atoms with E-state index in [4.69, 9.17) is 23.2 Å². The second kappa shape index (κ2) is 5.65. The lowest BCUT2D eigenvalue weighted by molar-refractivity contribution is 0.0981. The van der Waals surface area contributed by atoms with Crippen LogP contribution in [0.15, 0.2) is 54.9 Å². The number of anilines is 1. The highest BCUT2D eigenvalue weighted by molar-refractivity contribution is 6.31. The Morgan fingerprint density at radius 3 is 2.50 bits per heavy atom. The van der Waals surface area contributed by atoms with Crippen LogP contribution in [-0.4, -0.2) is 22.5 Å². The molecule has 1 amide bonds. The van der Waals surface area contributed by atoms with Gasteiger partial charge in [-0.3, -0.25) is 4.79 Å². The zero-order valence-corrected chi connectivity index (χ0v) is 14.3. The predicted molar refractivity (Wildman–Crippen MR) is 95.1 cm³/mol. The minimum Gasteiger partial charge on any atom is -0.315 e. The van der Waals surface area contributed by atoms with Crippen molar-refractivity contribution in [2.45, 2.75) is 6.04 Å². The van der Waals surface area contributed by atoms with E-state index < -0.39 is 0 Å². The van der Waals surface area contributed by atoms with E-state index in [0.29, 0.717) is 15.9 Å². The van der Waals surface area contributed by atoms with Gasteiger partial charge in [0.05, 0.1) is 6.04 Å². The maximum absolute atomic E-state index is 12.8. The summed E-state index contributed by atoms with van der Waals surface area (Å²) in [4.78, 5) is 18.6. The van der Waals surface area contributed by atoms with Crippen molar-refractivity contribution in [1.82, 2.24) is 9.55 Å². The summed E-state index contributed by atoms with van der Waals surface area (Å²) >= 11 is 12.3. The third-order valence-corrected chi connectivity index (χ3v) is 4.76. The molecule has 0 radical (unpaired) electrons. The molecular weight excluding hydrogens is 345 g/mol. The van der Waals surface area contributed by atoms with E-state index in [0.717, 1.165) is 16.8 Å². The minimum absolute atomic E-state index is 0.153. The van der Waals surface area contributed by atoms with Crippen LogP contribution in [0.1, 0.15) is 27.8 Å². The second-order valence-corrected chi connectivity index (χ2v) is 6.55. The molecule has 1 atom stereocenters. The summed E-state index contributed by atoms with van der Waals surface area (Å²) in [7, 11) is 1.75. The van der Waals surface area contributed by atoms with E-state index in [1.165, 1.54) is 0 Å². The van der Waals surface area contributed by atoms with Crippen molar-refractivity contribution in [3.8, 4) is 0 Å². The average Bonchev–Trinajstić information content (AvgIpc) is 3.02. The first-order chi connectivity index (χ1) is 11.6. The van der Waals surface area contributed by atoms with E-state index in [2.05, 4.69) is 4.98 Å². The maximum Gasteiger partial charge on any atom is 0.294 e. The second-order valence-electron chi connectivity index (χ2n) is 5.68. The molecule has 24 heavy (non-hydrogen) atoms. The first-order valence-corrected chi connectivity index (χ1v) is 8.17. The van der Waals surface area contributed by atoms with Gasteiger partial charge in [0, 0.05) is 40.7 Å². The number of fused-ring (bicyclic) bond motifs is 2. The summed E-state index contributed by atoms with van der Waals surface area (Å²) < 4.78 is 1.88. The van der Waals surface area contributed by atoms with Gasteiger partial charge in [-0.1, -0.05) is 35.3 Å². The molecule has 0 spiro atoms. The molecule has 0 saturated carbocycles. The Morgan fingerprint density at radius 2 is 1.75 bits per heavy atom. The lowest BCUT2D eigenvalue weighted by Gasteiger charge is -2.22. The Kier molecular flexibility index (Phi) is 3.59. The van der Waals surface area contributed by atoms with Crippen LogP contribution in [0, 0.1) is 0 Å². The van der Waals surface area contributed by atoms with E-state index in [-0.39, 0.29) is 11.9 Å². The Balaban J connectivity index is 2.04. The Labute approximate surface area is 149 Å². The minimum atomic E-state index is -0.206. The summed E-state index contributed by atoms with van der Waals surface area (Å²) in [5.41, 5.74) is 2.76. The Hall–Kier alpha value is -2.30. The summed E-state index contributed by atoms with van der Waals surface area (Å²) in [6.45, 7) is 0. The lowest BCUT2D eigenvalue weighted by Crippen LogP contribution is -2.27. The fraction of sp³-hybridized carbons (Fsp3) is 0.111. The number of hydrogen-bond donors (Lipinski definition) is 0. The third kappa shape index (κ3) is 2.30. The molecule has 1 aliphatic rings. The third-order valence-electron chi connectivity index (χ3n) is 4.27. The molecule has 0 aliphatic carbocycles. The van der Waals surface area contributed by atoms with E-state index in [1.807, 2.05) is 47.2 Å². The zero-order valence-electron chi connectivity index (χ0n) is 12.8.